The number of aromatic nitrogens is 3. The molecule has 1 aliphatic rings. The predicted octanol–water partition coefficient (Wildman–Crippen LogP) is 4.08. The summed E-state index contributed by atoms with van der Waals surface area (Å²) in [6.07, 6.45) is 3.88. The van der Waals surface area contributed by atoms with E-state index < -0.39 is 0 Å². The molecule has 0 spiro atoms. The smallest absolute Gasteiger partial charge is 0.270 e. The fraction of sp³-hybridized carbons (Fsp3) is 0.304. The van der Waals surface area contributed by atoms with Crippen LogP contribution in [0, 0.1) is 0 Å². The van der Waals surface area contributed by atoms with E-state index in [1.54, 1.807) is 7.11 Å². The number of ether oxygens (including phenoxy) is 1. The Morgan fingerprint density at radius 2 is 2.14 bits per heavy atom. The molecule has 6 heteroatoms. The first-order valence-corrected chi connectivity index (χ1v) is 10.0. The average Bonchev–Trinajstić information content (AvgIpc) is 3.34. The van der Waals surface area contributed by atoms with Crippen molar-refractivity contribution < 1.29 is 9.53 Å². The summed E-state index contributed by atoms with van der Waals surface area (Å²) in [7, 11) is 3.61. The van der Waals surface area contributed by atoms with E-state index in [1.807, 2.05) is 59.1 Å². The highest BCUT2D eigenvalue weighted by molar-refractivity contribution is 5.99. The minimum absolute atomic E-state index is 0.0848. The van der Waals surface area contributed by atoms with Gasteiger partial charge in [0.25, 0.3) is 5.91 Å². The van der Waals surface area contributed by atoms with Gasteiger partial charge in [0.1, 0.15) is 11.4 Å². The molecule has 0 aliphatic carbocycles. The second kappa shape index (κ2) is 6.95. The Morgan fingerprint density at radius 3 is 2.97 bits per heavy atom. The van der Waals surface area contributed by atoms with Gasteiger partial charge >= 0.3 is 0 Å². The lowest BCUT2D eigenvalue weighted by Gasteiger charge is -2.32. The van der Waals surface area contributed by atoms with Crippen LogP contribution in [0.1, 0.15) is 34.9 Å². The van der Waals surface area contributed by atoms with Crippen molar-refractivity contribution in [3.8, 4) is 5.75 Å². The van der Waals surface area contributed by atoms with Gasteiger partial charge in [0.05, 0.1) is 18.1 Å². The minimum Gasteiger partial charge on any atom is -0.497 e. The fourth-order valence-corrected chi connectivity index (χ4v) is 4.43. The van der Waals surface area contributed by atoms with E-state index >= 15 is 0 Å². The zero-order valence-corrected chi connectivity index (χ0v) is 16.7. The number of benzene rings is 1. The zero-order valence-electron chi connectivity index (χ0n) is 16.7. The number of aryl methyl sites for hydroxylation is 1. The van der Waals surface area contributed by atoms with E-state index in [2.05, 4.69) is 16.0 Å². The van der Waals surface area contributed by atoms with Crippen LogP contribution < -0.4 is 4.74 Å². The minimum atomic E-state index is 0.0848. The van der Waals surface area contributed by atoms with Crippen LogP contribution in [-0.4, -0.2) is 45.5 Å². The van der Waals surface area contributed by atoms with Crippen molar-refractivity contribution in [3.05, 3.63) is 60.0 Å². The van der Waals surface area contributed by atoms with Crippen LogP contribution in [0.5, 0.6) is 5.75 Å². The zero-order chi connectivity index (χ0) is 20.0. The first-order valence-electron chi connectivity index (χ1n) is 10.0. The van der Waals surface area contributed by atoms with E-state index in [0.29, 0.717) is 11.6 Å². The molecule has 4 aromatic rings. The molecule has 1 saturated heterocycles. The second-order valence-corrected chi connectivity index (χ2v) is 7.76. The van der Waals surface area contributed by atoms with Gasteiger partial charge in [-0.1, -0.05) is 0 Å². The SMILES string of the molecule is COc1ccc2c(c1)cc(C(=O)N1CCC[C@@H](c3cc4ncccc4[nH]3)C1)n2C. The molecule has 148 valence electrons. The third-order valence-electron chi connectivity index (χ3n) is 6.03. The van der Waals surface area contributed by atoms with Gasteiger partial charge in [-0.15, -0.1) is 0 Å². The third kappa shape index (κ3) is 3.05. The molecule has 0 saturated carbocycles. The largest absolute Gasteiger partial charge is 0.497 e. The number of piperidine rings is 1. The van der Waals surface area contributed by atoms with E-state index in [-0.39, 0.29) is 5.91 Å². The Labute approximate surface area is 169 Å². The van der Waals surface area contributed by atoms with Crippen LogP contribution in [0.25, 0.3) is 21.9 Å². The average molecular weight is 388 g/mol. The molecule has 29 heavy (non-hydrogen) atoms. The lowest BCUT2D eigenvalue weighted by molar-refractivity contribution is 0.0697. The molecule has 4 heterocycles. The normalized spacial score (nSPS) is 17.2. The number of hydrogen-bond acceptors (Lipinski definition) is 3. The van der Waals surface area contributed by atoms with E-state index in [0.717, 1.165) is 59.3 Å². The first-order chi connectivity index (χ1) is 14.1. The van der Waals surface area contributed by atoms with Crippen molar-refractivity contribution >= 4 is 27.8 Å². The molecule has 0 radical (unpaired) electrons. The Balaban J connectivity index is 1.42. The highest BCUT2D eigenvalue weighted by Crippen LogP contribution is 2.30. The molecule has 1 N–H and O–H groups in total. The van der Waals surface area contributed by atoms with Gasteiger partial charge in [-0.3, -0.25) is 9.78 Å². The number of carbonyl (C=O) groups excluding carboxylic acids is 1. The molecular weight excluding hydrogens is 364 g/mol. The molecule has 1 atom stereocenters. The lowest BCUT2D eigenvalue weighted by atomic mass is 9.94. The maximum absolute atomic E-state index is 13.3. The van der Waals surface area contributed by atoms with Gasteiger partial charge in [0.2, 0.25) is 0 Å². The van der Waals surface area contributed by atoms with Gasteiger partial charge < -0.3 is 19.2 Å². The van der Waals surface area contributed by atoms with Crippen molar-refractivity contribution in [2.75, 3.05) is 20.2 Å². The maximum Gasteiger partial charge on any atom is 0.270 e. The topological polar surface area (TPSA) is 63.1 Å². The summed E-state index contributed by atoms with van der Waals surface area (Å²) in [6, 6.07) is 14.0. The summed E-state index contributed by atoms with van der Waals surface area (Å²) in [5.74, 6) is 1.19. The molecule has 1 aromatic carbocycles. The van der Waals surface area contributed by atoms with Crippen molar-refractivity contribution in [3.63, 3.8) is 0 Å². The summed E-state index contributed by atoms with van der Waals surface area (Å²) in [6.45, 7) is 1.51. The van der Waals surface area contributed by atoms with Crippen LogP contribution >= 0.6 is 0 Å². The summed E-state index contributed by atoms with van der Waals surface area (Å²) in [5, 5.41) is 1.02. The first kappa shape index (κ1) is 17.8. The standard InChI is InChI=1S/C23H24N4O2/c1-26-21-8-7-17(29-2)11-16(21)12-22(26)23(28)27-10-4-5-15(14-27)19-13-20-18(25-19)6-3-9-24-20/h3,6-9,11-13,15,25H,4-5,10,14H2,1-2H3/t15-/m1/s1. The van der Waals surface area contributed by atoms with Gasteiger partial charge in [-0.25, -0.2) is 0 Å². The number of aromatic amines is 1. The number of amides is 1. The number of fused-ring (bicyclic) bond motifs is 2. The Hall–Kier alpha value is -3.28. The van der Waals surface area contributed by atoms with Crippen molar-refractivity contribution in [2.24, 2.45) is 7.05 Å². The fourth-order valence-electron chi connectivity index (χ4n) is 4.43. The highest BCUT2D eigenvalue weighted by Gasteiger charge is 2.28. The Kier molecular flexibility index (Phi) is 4.27. The van der Waals surface area contributed by atoms with E-state index in [1.165, 1.54) is 0 Å². The lowest BCUT2D eigenvalue weighted by Crippen LogP contribution is -2.39. The van der Waals surface area contributed by atoms with Crippen LogP contribution in [-0.2, 0) is 7.05 Å². The highest BCUT2D eigenvalue weighted by atomic mass is 16.5. The number of rotatable bonds is 3. The Bertz CT molecular complexity index is 1170. The number of carbonyl (C=O) groups is 1. The summed E-state index contributed by atoms with van der Waals surface area (Å²) < 4.78 is 7.30. The predicted molar refractivity (Wildman–Crippen MR) is 113 cm³/mol. The summed E-state index contributed by atoms with van der Waals surface area (Å²) in [5.41, 5.74) is 4.94. The van der Waals surface area contributed by atoms with Crippen LogP contribution in [0.4, 0.5) is 0 Å². The molecule has 0 unspecified atom stereocenters. The molecule has 3 aromatic heterocycles. The Morgan fingerprint density at radius 1 is 1.24 bits per heavy atom. The molecule has 1 aliphatic heterocycles. The van der Waals surface area contributed by atoms with Crippen molar-refractivity contribution in [1.29, 1.82) is 0 Å². The van der Waals surface area contributed by atoms with Gasteiger partial charge in [0.15, 0.2) is 0 Å². The maximum atomic E-state index is 13.3. The number of likely N-dealkylation sites (tertiary alicyclic amines) is 1. The molecule has 5 rings (SSSR count). The van der Waals surface area contributed by atoms with Crippen LogP contribution in [0.15, 0.2) is 48.7 Å². The number of nitrogens with one attached hydrogen (secondary N) is 1. The number of hydrogen-bond donors (Lipinski definition) is 1. The monoisotopic (exact) mass is 388 g/mol. The number of pyridine rings is 1. The van der Waals surface area contributed by atoms with Gasteiger partial charge in [0, 0.05) is 48.8 Å². The third-order valence-corrected chi connectivity index (χ3v) is 6.03. The molecule has 0 bridgehead atoms. The van der Waals surface area contributed by atoms with Crippen molar-refractivity contribution in [1.82, 2.24) is 19.4 Å². The van der Waals surface area contributed by atoms with Gasteiger partial charge in [-0.2, -0.15) is 0 Å². The quantitative estimate of drug-likeness (QED) is 0.575. The van der Waals surface area contributed by atoms with Crippen LogP contribution in [0.2, 0.25) is 0 Å². The second-order valence-electron chi connectivity index (χ2n) is 7.76. The van der Waals surface area contributed by atoms with Crippen LogP contribution in [0.3, 0.4) is 0 Å². The number of nitrogens with zero attached hydrogens (tertiary/aromatic N) is 3. The number of H-pyrrole nitrogens is 1. The molecule has 6 nitrogen and oxygen atoms in total. The summed E-state index contributed by atoms with van der Waals surface area (Å²) in [4.78, 5) is 23.2. The molecular formula is C23H24N4O2. The number of methoxy groups -OCH3 is 1. The van der Waals surface area contributed by atoms with E-state index in [9.17, 15) is 4.79 Å². The molecule has 1 fully saturated rings. The molecule has 1 amide bonds. The van der Waals surface area contributed by atoms with Crippen molar-refractivity contribution in [2.45, 2.75) is 18.8 Å². The van der Waals surface area contributed by atoms with Gasteiger partial charge in [-0.05, 0) is 55.3 Å². The summed E-state index contributed by atoms with van der Waals surface area (Å²) >= 11 is 0. The van der Waals surface area contributed by atoms with E-state index in [4.69, 9.17) is 4.74 Å².